The summed E-state index contributed by atoms with van der Waals surface area (Å²) in [5.74, 6) is -0.0428. The highest BCUT2D eigenvalue weighted by Gasteiger charge is 2.61. The van der Waals surface area contributed by atoms with E-state index in [0.29, 0.717) is 6.61 Å². The predicted molar refractivity (Wildman–Crippen MR) is 28.3 cm³/mol. The summed E-state index contributed by atoms with van der Waals surface area (Å²) in [4.78, 5) is 11.0. The number of carbonyl (C=O) groups is 1. The maximum atomic E-state index is 11.0. The Morgan fingerprint density at radius 2 is 2.30 bits per heavy atom. The van der Waals surface area contributed by atoms with Gasteiger partial charge in [0, 0.05) is 0 Å². The first-order valence-corrected chi connectivity index (χ1v) is 3.32. The van der Waals surface area contributed by atoms with Gasteiger partial charge < -0.3 is 14.2 Å². The fraction of sp³-hybridized carbons (Fsp3) is 0.833. The largest absolute Gasteiger partial charge is 0.358 e. The molecule has 4 unspecified atom stereocenters. The van der Waals surface area contributed by atoms with Crippen molar-refractivity contribution >= 4 is 5.78 Å². The van der Waals surface area contributed by atoms with E-state index in [1.165, 1.54) is 0 Å². The van der Waals surface area contributed by atoms with Crippen molar-refractivity contribution in [1.29, 1.82) is 0 Å². The molecule has 0 N–H and O–H groups in total. The predicted octanol–water partition coefficient (Wildman–Crippen LogP) is -0.922. The molecule has 0 aromatic carbocycles. The van der Waals surface area contributed by atoms with Crippen LogP contribution in [-0.2, 0) is 19.0 Å². The van der Waals surface area contributed by atoms with Crippen LogP contribution < -0.4 is 0 Å². The lowest BCUT2D eigenvalue weighted by atomic mass is 10.1. The van der Waals surface area contributed by atoms with Gasteiger partial charge in [-0.3, -0.25) is 4.79 Å². The Kier molecular flexibility index (Phi) is 0.741. The molecule has 2 bridgehead atoms. The van der Waals surface area contributed by atoms with Crippen molar-refractivity contribution in [2.75, 3.05) is 6.61 Å². The van der Waals surface area contributed by atoms with Gasteiger partial charge in [0.1, 0.15) is 12.2 Å². The molecular formula is C6H6O4. The normalized spacial score (nSPS) is 56.6. The first-order chi connectivity index (χ1) is 4.86. The molecule has 0 aromatic heterocycles. The third-order valence-corrected chi connectivity index (χ3v) is 2.11. The third-order valence-electron chi connectivity index (χ3n) is 2.11. The number of ether oxygens (including phenoxy) is 3. The number of rotatable bonds is 0. The van der Waals surface area contributed by atoms with Crippen molar-refractivity contribution in [1.82, 2.24) is 0 Å². The van der Waals surface area contributed by atoms with Crippen molar-refractivity contribution < 1.29 is 19.0 Å². The third kappa shape index (κ3) is 0.460. The van der Waals surface area contributed by atoms with Crippen LogP contribution in [-0.4, -0.2) is 37.0 Å². The molecule has 0 amide bonds. The van der Waals surface area contributed by atoms with Gasteiger partial charge in [-0.2, -0.15) is 0 Å². The molecule has 3 aliphatic rings. The lowest BCUT2D eigenvalue weighted by Crippen LogP contribution is -2.35. The van der Waals surface area contributed by atoms with Crippen LogP contribution in [0.1, 0.15) is 0 Å². The first kappa shape index (κ1) is 5.23. The maximum Gasteiger partial charge on any atom is 0.221 e. The second-order valence-electron chi connectivity index (χ2n) is 2.76. The zero-order valence-electron chi connectivity index (χ0n) is 5.15. The quantitative estimate of drug-likeness (QED) is 0.410. The van der Waals surface area contributed by atoms with Crippen molar-refractivity contribution in [2.24, 2.45) is 0 Å². The van der Waals surface area contributed by atoms with Gasteiger partial charge in [-0.15, -0.1) is 0 Å². The van der Waals surface area contributed by atoms with E-state index < -0.39 is 6.29 Å². The molecular weight excluding hydrogens is 136 g/mol. The summed E-state index contributed by atoms with van der Waals surface area (Å²) in [7, 11) is 0. The van der Waals surface area contributed by atoms with E-state index in [4.69, 9.17) is 14.2 Å². The smallest absolute Gasteiger partial charge is 0.221 e. The molecule has 4 atom stereocenters. The molecule has 10 heavy (non-hydrogen) atoms. The van der Waals surface area contributed by atoms with Crippen LogP contribution in [0.25, 0.3) is 0 Å². The van der Waals surface area contributed by atoms with Crippen LogP contribution in [0, 0.1) is 0 Å². The van der Waals surface area contributed by atoms with E-state index in [9.17, 15) is 4.79 Å². The Labute approximate surface area is 57.0 Å². The lowest BCUT2D eigenvalue weighted by Gasteiger charge is -2.11. The van der Waals surface area contributed by atoms with Crippen LogP contribution in [0.5, 0.6) is 0 Å². The molecule has 4 nitrogen and oxygen atoms in total. The van der Waals surface area contributed by atoms with Crippen molar-refractivity contribution in [3.05, 3.63) is 0 Å². The summed E-state index contributed by atoms with van der Waals surface area (Å²) in [6, 6.07) is 0. The van der Waals surface area contributed by atoms with Crippen molar-refractivity contribution in [2.45, 2.75) is 24.6 Å². The minimum Gasteiger partial charge on any atom is -0.358 e. The number of epoxide rings is 1. The zero-order chi connectivity index (χ0) is 6.72. The second kappa shape index (κ2) is 1.42. The molecule has 3 fully saturated rings. The van der Waals surface area contributed by atoms with Crippen LogP contribution >= 0.6 is 0 Å². The molecule has 0 aliphatic carbocycles. The Hall–Kier alpha value is -0.450. The molecule has 4 heteroatoms. The van der Waals surface area contributed by atoms with E-state index in [2.05, 4.69) is 0 Å². The van der Waals surface area contributed by atoms with Crippen LogP contribution in [0.3, 0.4) is 0 Å². The topological polar surface area (TPSA) is 48.1 Å². The van der Waals surface area contributed by atoms with E-state index in [-0.39, 0.29) is 24.1 Å². The van der Waals surface area contributed by atoms with Gasteiger partial charge in [0.2, 0.25) is 12.1 Å². The lowest BCUT2D eigenvalue weighted by molar-refractivity contribution is -0.149. The molecule has 0 radical (unpaired) electrons. The highest BCUT2D eigenvalue weighted by atomic mass is 16.8. The average Bonchev–Trinajstić information content (AvgIpc) is 2.61. The van der Waals surface area contributed by atoms with Gasteiger partial charge in [0.25, 0.3) is 0 Å². The van der Waals surface area contributed by atoms with Gasteiger partial charge in [-0.05, 0) is 0 Å². The summed E-state index contributed by atoms with van der Waals surface area (Å²) < 4.78 is 15.3. The summed E-state index contributed by atoms with van der Waals surface area (Å²) in [6.45, 7) is 0.511. The molecule has 3 aliphatic heterocycles. The van der Waals surface area contributed by atoms with Crippen molar-refractivity contribution in [3.63, 3.8) is 0 Å². The Morgan fingerprint density at radius 3 is 3.20 bits per heavy atom. The van der Waals surface area contributed by atoms with Gasteiger partial charge in [0.05, 0.1) is 6.61 Å². The molecule has 0 spiro atoms. The minimum atomic E-state index is -0.617. The molecule has 3 heterocycles. The van der Waals surface area contributed by atoms with Gasteiger partial charge in [0.15, 0.2) is 6.10 Å². The SMILES string of the molecule is O=C1C2OCC(O2)C2OC12. The second-order valence-corrected chi connectivity index (χ2v) is 2.76. The highest BCUT2D eigenvalue weighted by Crippen LogP contribution is 2.38. The van der Waals surface area contributed by atoms with Crippen LogP contribution in [0.2, 0.25) is 0 Å². The number of hydrogen-bond donors (Lipinski definition) is 0. The van der Waals surface area contributed by atoms with E-state index in [1.54, 1.807) is 0 Å². The zero-order valence-corrected chi connectivity index (χ0v) is 5.15. The Bertz CT molecular complexity index is 202. The van der Waals surface area contributed by atoms with E-state index >= 15 is 0 Å². The summed E-state index contributed by atoms with van der Waals surface area (Å²) in [5.41, 5.74) is 0. The number of hydrogen-bond acceptors (Lipinski definition) is 4. The van der Waals surface area contributed by atoms with Crippen LogP contribution in [0.4, 0.5) is 0 Å². The summed E-state index contributed by atoms with van der Waals surface area (Å²) >= 11 is 0. The van der Waals surface area contributed by atoms with Gasteiger partial charge >= 0.3 is 0 Å². The molecule has 0 saturated carbocycles. The fourth-order valence-electron chi connectivity index (χ4n) is 1.51. The minimum absolute atomic E-state index is 0.00579. The monoisotopic (exact) mass is 142 g/mol. The molecule has 54 valence electrons. The van der Waals surface area contributed by atoms with Crippen LogP contribution in [0.15, 0.2) is 0 Å². The number of carbonyl (C=O) groups excluding carboxylic acids is 1. The fourth-order valence-corrected chi connectivity index (χ4v) is 1.51. The summed E-state index contributed by atoms with van der Waals surface area (Å²) in [5, 5.41) is 0. The van der Waals surface area contributed by atoms with Gasteiger partial charge in [-0.25, -0.2) is 0 Å². The average molecular weight is 142 g/mol. The highest BCUT2D eigenvalue weighted by molar-refractivity contribution is 5.90. The van der Waals surface area contributed by atoms with E-state index in [1.807, 2.05) is 0 Å². The molecule has 0 aromatic rings. The molecule has 3 saturated heterocycles. The van der Waals surface area contributed by atoms with Gasteiger partial charge in [-0.1, -0.05) is 0 Å². The number of Topliss-reactive ketones (excluding diaryl/α,β-unsaturated/α-hetero) is 1. The number of ketones is 1. The standard InChI is InChI=1S/C6H6O4/c7-3-5-4(10-5)2-1-8-6(3)9-2/h2,4-6H,1H2. The maximum absolute atomic E-state index is 11.0. The molecule has 3 rings (SSSR count). The Balaban J connectivity index is 1.98. The van der Waals surface area contributed by atoms with Crippen molar-refractivity contribution in [3.8, 4) is 0 Å². The summed E-state index contributed by atoms with van der Waals surface area (Å²) in [6.07, 6.45) is -0.793. The number of fused-ring (bicyclic) bond motifs is 4. The first-order valence-electron chi connectivity index (χ1n) is 3.32. The Morgan fingerprint density at radius 1 is 1.40 bits per heavy atom. The van der Waals surface area contributed by atoms with E-state index in [0.717, 1.165) is 0 Å².